The van der Waals surface area contributed by atoms with Crippen molar-refractivity contribution in [1.29, 1.82) is 5.41 Å². The first kappa shape index (κ1) is 23.9. The number of nitrogens with one attached hydrogen (secondary N) is 1. The molecule has 0 atom stereocenters. The van der Waals surface area contributed by atoms with Crippen molar-refractivity contribution >= 4 is 45.8 Å². The van der Waals surface area contributed by atoms with Crippen molar-refractivity contribution in [2.45, 2.75) is 0 Å². The Morgan fingerprint density at radius 2 is 1.92 bits per heavy atom. The van der Waals surface area contributed by atoms with E-state index in [0.29, 0.717) is 27.1 Å². The second-order valence-corrected chi connectivity index (χ2v) is 8.65. The van der Waals surface area contributed by atoms with Gasteiger partial charge in [0.25, 0.3) is 5.91 Å². The van der Waals surface area contributed by atoms with Gasteiger partial charge >= 0.3 is 5.97 Å². The molecule has 2 aromatic carbocycles. The zero-order valence-electron chi connectivity index (χ0n) is 19.7. The largest absolute Gasteiger partial charge is 0.497 e. The fraction of sp³-hybridized carbons (Fsp3) is 0.0769. The average Bonchev–Trinajstić information content (AvgIpc) is 3.36. The first-order valence-electron chi connectivity index (χ1n) is 10.9. The van der Waals surface area contributed by atoms with Gasteiger partial charge in [-0.1, -0.05) is 12.1 Å². The Kier molecular flexibility index (Phi) is 6.52. The fourth-order valence-electron chi connectivity index (χ4n) is 3.53. The number of rotatable bonds is 6. The Hall–Kier alpha value is -4.77. The molecule has 5 rings (SSSR count). The van der Waals surface area contributed by atoms with E-state index < -0.39 is 11.9 Å². The molecule has 0 radical (unpaired) electrons. The number of methoxy groups -OCH3 is 2. The van der Waals surface area contributed by atoms with E-state index in [9.17, 15) is 9.59 Å². The molecule has 0 saturated heterocycles. The molecule has 10 nitrogen and oxygen atoms in total. The Labute approximate surface area is 215 Å². The summed E-state index contributed by atoms with van der Waals surface area (Å²) in [5.74, 6) is -0.235. The summed E-state index contributed by atoms with van der Waals surface area (Å²) in [4.78, 5) is 33.6. The molecule has 184 valence electrons. The minimum Gasteiger partial charge on any atom is -0.497 e. The Bertz CT molecular complexity index is 1520. The van der Waals surface area contributed by atoms with Crippen LogP contribution in [0.15, 0.2) is 82.7 Å². The van der Waals surface area contributed by atoms with Crippen LogP contribution in [-0.4, -0.2) is 52.1 Å². The van der Waals surface area contributed by atoms with E-state index in [4.69, 9.17) is 19.6 Å². The Morgan fingerprint density at radius 1 is 1.05 bits per heavy atom. The quantitative estimate of drug-likeness (QED) is 0.298. The molecule has 1 aromatic heterocycles. The third-order valence-electron chi connectivity index (χ3n) is 5.37. The van der Waals surface area contributed by atoms with Crippen molar-refractivity contribution in [1.82, 2.24) is 9.99 Å². The highest BCUT2D eigenvalue weighted by Crippen LogP contribution is 2.33. The predicted octanol–water partition coefficient (Wildman–Crippen LogP) is 3.99. The monoisotopic (exact) mass is 513 g/mol. The number of aliphatic imine (C=N–C) groups is 1. The van der Waals surface area contributed by atoms with Crippen molar-refractivity contribution in [3.05, 3.63) is 89.3 Å². The maximum Gasteiger partial charge on any atom is 0.343 e. The van der Waals surface area contributed by atoms with Crippen LogP contribution in [0.1, 0.15) is 21.5 Å². The van der Waals surface area contributed by atoms with Crippen molar-refractivity contribution in [2.75, 3.05) is 14.2 Å². The van der Waals surface area contributed by atoms with Gasteiger partial charge in [-0.25, -0.2) is 4.79 Å². The molecule has 1 amide bonds. The minimum absolute atomic E-state index is 0.0590. The van der Waals surface area contributed by atoms with Gasteiger partial charge in [0.1, 0.15) is 10.8 Å². The summed E-state index contributed by atoms with van der Waals surface area (Å²) in [7, 11) is 2.95. The number of nitrogens with zero attached hydrogens (tertiary/aromatic N) is 4. The van der Waals surface area contributed by atoms with E-state index in [0.717, 1.165) is 5.56 Å². The lowest BCUT2D eigenvalue weighted by Gasteiger charge is -2.20. The molecule has 2 aliphatic heterocycles. The van der Waals surface area contributed by atoms with Crippen molar-refractivity contribution in [3.63, 3.8) is 0 Å². The van der Waals surface area contributed by atoms with Crippen LogP contribution in [0.4, 0.5) is 0 Å². The number of hydrazone groups is 1. The summed E-state index contributed by atoms with van der Waals surface area (Å²) in [6.07, 6.45) is 4.83. The number of benzene rings is 2. The van der Waals surface area contributed by atoms with Crippen molar-refractivity contribution in [3.8, 4) is 17.2 Å². The number of pyridine rings is 1. The minimum atomic E-state index is -0.580. The maximum atomic E-state index is 12.8. The molecule has 0 saturated carbocycles. The number of carbonyl (C=O) groups excluding carboxylic acids is 2. The molecular weight excluding hydrogens is 494 g/mol. The van der Waals surface area contributed by atoms with Crippen LogP contribution in [0.5, 0.6) is 17.2 Å². The van der Waals surface area contributed by atoms with Crippen LogP contribution in [0.25, 0.3) is 6.08 Å². The van der Waals surface area contributed by atoms with E-state index in [2.05, 4.69) is 15.1 Å². The van der Waals surface area contributed by atoms with Gasteiger partial charge in [0.2, 0.25) is 5.17 Å². The fourth-order valence-corrected chi connectivity index (χ4v) is 4.41. The topological polar surface area (TPSA) is 127 Å². The summed E-state index contributed by atoms with van der Waals surface area (Å²) in [6, 6.07) is 15.0. The Balaban J connectivity index is 1.39. The first-order chi connectivity index (χ1) is 18.0. The van der Waals surface area contributed by atoms with E-state index in [1.165, 1.54) is 37.1 Å². The lowest BCUT2D eigenvalue weighted by atomic mass is 10.1. The number of aromatic nitrogens is 1. The van der Waals surface area contributed by atoms with E-state index in [1.807, 2.05) is 6.07 Å². The standard InChI is InChI=1S/C26H19N5O5S/c1-34-18-7-3-5-16(13-18)25(33)36-20-9-8-15(12-21(20)35-2)11-19-22(27)31-26(29-23(19)32)37-24(30-31)17-6-4-10-28-14-17/h3-14,27H,1-2H3. The van der Waals surface area contributed by atoms with Crippen LogP contribution >= 0.6 is 11.8 Å². The smallest absolute Gasteiger partial charge is 0.343 e. The van der Waals surface area contributed by atoms with Crippen LogP contribution < -0.4 is 14.2 Å². The van der Waals surface area contributed by atoms with Crippen LogP contribution in [-0.2, 0) is 4.79 Å². The number of carbonyl (C=O) groups is 2. The summed E-state index contributed by atoms with van der Waals surface area (Å²) in [6.45, 7) is 0. The normalized spacial score (nSPS) is 15.7. The predicted molar refractivity (Wildman–Crippen MR) is 139 cm³/mol. The molecule has 3 aromatic rings. The highest BCUT2D eigenvalue weighted by Gasteiger charge is 2.36. The third kappa shape index (κ3) is 4.84. The number of hydrogen-bond acceptors (Lipinski definition) is 9. The van der Waals surface area contributed by atoms with Gasteiger partial charge in [-0.3, -0.25) is 15.2 Å². The van der Waals surface area contributed by atoms with Gasteiger partial charge < -0.3 is 14.2 Å². The molecule has 2 aliphatic rings. The molecule has 0 fully saturated rings. The lowest BCUT2D eigenvalue weighted by molar-refractivity contribution is -0.114. The molecule has 0 spiro atoms. The van der Waals surface area contributed by atoms with Crippen LogP contribution in [0, 0.1) is 5.41 Å². The molecule has 1 N–H and O–H groups in total. The van der Waals surface area contributed by atoms with E-state index >= 15 is 0 Å². The maximum absolute atomic E-state index is 12.8. The molecular formula is C26H19N5O5S. The van der Waals surface area contributed by atoms with Gasteiger partial charge in [0, 0.05) is 18.0 Å². The van der Waals surface area contributed by atoms with Crippen LogP contribution in [0.2, 0.25) is 0 Å². The second kappa shape index (κ2) is 10.1. The summed E-state index contributed by atoms with van der Waals surface area (Å²) in [5, 5.41) is 15.2. The molecule has 0 aliphatic carbocycles. The van der Waals surface area contributed by atoms with E-state index in [-0.39, 0.29) is 22.9 Å². The van der Waals surface area contributed by atoms with Crippen LogP contribution in [0.3, 0.4) is 0 Å². The molecule has 0 bridgehead atoms. The summed E-state index contributed by atoms with van der Waals surface area (Å²) < 4.78 is 16.1. The number of fused-ring (bicyclic) bond motifs is 1. The highest BCUT2D eigenvalue weighted by molar-refractivity contribution is 8.27. The summed E-state index contributed by atoms with van der Waals surface area (Å²) >= 11 is 1.20. The highest BCUT2D eigenvalue weighted by atomic mass is 32.2. The molecule has 11 heteroatoms. The Morgan fingerprint density at radius 3 is 2.68 bits per heavy atom. The number of thioether (sulfide) groups is 1. The molecule has 37 heavy (non-hydrogen) atoms. The number of ether oxygens (including phenoxy) is 3. The second-order valence-electron chi connectivity index (χ2n) is 7.70. The average molecular weight is 514 g/mol. The molecule has 0 unspecified atom stereocenters. The number of amides is 1. The van der Waals surface area contributed by atoms with Gasteiger partial charge in [0.15, 0.2) is 17.3 Å². The van der Waals surface area contributed by atoms with Gasteiger partial charge in [-0.05, 0) is 65.9 Å². The zero-order chi connectivity index (χ0) is 25.9. The molecule has 3 heterocycles. The van der Waals surface area contributed by atoms with Crippen molar-refractivity contribution in [2.24, 2.45) is 10.1 Å². The third-order valence-corrected chi connectivity index (χ3v) is 6.33. The zero-order valence-corrected chi connectivity index (χ0v) is 20.5. The number of esters is 1. The first-order valence-corrected chi connectivity index (χ1v) is 11.7. The van der Waals surface area contributed by atoms with Gasteiger partial charge in [-0.15, -0.1) is 0 Å². The lowest BCUT2D eigenvalue weighted by Crippen LogP contribution is -2.35. The van der Waals surface area contributed by atoms with E-state index in [1.54, 1.807) is 60.9 Å². The van der Waals surface area contributed by atoms with Gasteiger partial charge in [0.05, 0.1) is 25.4 Å². The SMILES string of the molecule is COc1cccc(C(=O)Oc2ccc(C=C3C(=N)N4N=C(c5cccnc5)SC4=NC3=O)cc2OC)c1. The van der Waals surface area contributed by atoms with Gasteiger partial charge in [-0.2, -0.15) is 15.1 Å². The number of hydrogen-bond donors (Lipinski definition) is 1. The number of amidine groups is 2. The van der Waals surface area contributed by atoms with Crippen molar-refractivity contribution < 1.29 is 23.8 Å². The summed E-state index contributed by atoms with van der Waals surface area (Å²) in [5.41, 5.74) is 1.69.